The second kappa shape index (κ2) is 7.58. The molecule has 0 saturated heterocycles. The van der Waals surface area contributed by atoms with Gasteiger partial charge in [-0.15, -0.1) is 0 Å². The Kier molecular flexibility index (Phi) is 5.12. The topological polar surface area (TPSA) is 9.23 Å². The molecule has 0 amide bonds. The van der Waals surface area contributed by atoms with Gasteiger partial charge in [-0.2, -0.15) is 13.2 Å². The number of aryl methyl sites for hydroxylation is 3. The van der Waals surface area contributed by atoms with Crippen LogP contribution >= 0.6 is 0 Å². The van der Waals surface area contributed by atoms with E-state index in [4.69, 9.17) is 4.74 Å². The van der Waals surface area contributed by atoms with Crippen LogP contribution in [0.1, 0.15) is 39.8 Å². The summed E-state index contributed by atoms with van der Waals surface area (Å²) < 4.78 is 47.4. The lowest BCUT2D eigenvalue weighted by atomic mass is 9.86. The van der Waals surface area contributed by atoms with Crippen LogP contribution in [0.25, 0.3) is 11.1 Å². The number of alkyl halides is 3. The fraction of sp³-hybridized carbons (Fsp3) is 0.280. The summed E-state index contributed by atoms with van der Waals surface area (Å²) in [6.45, 7) is 4.16. The molecule has 0 bridgehead atoms. The Hall–Kier alpha value is -2.75. The smallest absolute Gasteiger partial charge is 0.417 e. The summed E-state index contributed by atoms with van der Waals surface area (Å²) >= 11 is 0. The SMILES string of the molecule is Cc1cc(OCc2ccccc2)cc(C)c1-c1c(C(F)(F)F)ccc2c1CCC2. The molecule has 1 aliphatic rings. The maximum atomic E-state index is 13.8. The van der Waals surface area contributed by atoms with Crippen LogP contribution in [0.15, 0.2) is 54.6 Å². The molecule has 0 spiro atoms. The van der Waals surface area contributed by atoms with Crippen LogP contribution in [-0.2, 0) is 25.6 Å². The van der Waals surface area contributed by atoms with Gasteiger partial charge < -0.3 is 4.74 Å². The average Bonchev–Trinajstić information content (AvgIpc) is 3.15. The van der Waals surface area contributed by atoms with Gasteiger partial charge in [-0.3, -0.25) is 0 Å². The summed E-state index contributed by atoms with van der Waals surface area (Å²) in [5.74, 6) is 0.675. The molecular weight excluding hydrogens is 373 g/mol. The van der Waals surface area contributed by atoms with Crippen LogP contribution in [-0.4, -0.2) is 0 Å². The minimum absolute atomic E-state index is 0.358. The molecule has 0 aliphatic heterocycles. The third-order valence-electron chi connectivity index (χ3n) is 5.59. The molecule has 1 aliphatic carbocycles. The molecule has 0 N–H and O–H groups in total. The van der Waals surface area contributed by atoms with Crippen molar-refractivity contribution >= 4 is 0 Å². The van der Waals surface area contributed by atoms with E-state index in [1.54, 1.807) is 6.07 Å². The van der Waals surface area contributed by atoms with Crippen LogP contribution in [0.2, 0.25) is 0 Å². The fourth-order valence-electron chi connectivity index (χ4n) is 4.33. The quantitative estimate of drug-likeness (QED) is 0.459. The van der Waals surface area contributed by atoms with Crippen LogP contribution in [0, 0.1) is 13.8 Å². The van der Waals surface area contributed by atoms with Gasteiger partial charge in [0.2, 0.25) is 0 Å². The molecular formula is C25H23F3O. The molecule has 0 atom stereocenters. The van der Waals surface area contributed by atoms with E-state index >= 15 is 0 Å². The highest BCUT2D eigenvalue weighted by Crippen LogP contribution is 2.45. The monoisotopic (exact) mass is 396 g/mol. The number of ether oxygens (including phenoxy) is 1. The van der Waals surface area contributed by atoms with E-state index in [1.165, 1.54) is 6.07 Å². The standard InChI is InChI=1S/C25H23F3O/c1-16-13-20(29-15-18-7-4-3-5-8-18)14-17(2)23(16)24-21-10-6-9-19(21)11-12-22(24)25(26,27)28/h3-5,7-8,11-14H,6,9-10,15H2,1-2H3. The first kappa shape index (κ1) is 19.6. The summed E-state index contributed by atoms with van der Waals surface area (Å²) in [4.78, 5) is 0. The molecule has 0 unspecified atom stereocenters. The lowest BCUT2D eigenvalue weighted by molar-refractivity contribution is -0.137. The minimum Gasteiger partial charge on any atom is -0.489 e. The van der Waals surface area contributed by atoms with Gasteiger partial charge in [0.25, 0.3) is 0 Å². The lowest BCUT2D eigenvalue weighted by Gasteiger charge is -2.21. The first-order valence-corrected chi connectivity index (χ1v) is 9.85. The number of hydrogen-bond donors (Lipinski definition) is 0. The number of benzene rings is 3. The summed E-state index contributed by atoms with van der Waals surface area (Å²) in [6, 6.07) is 16.4. The van der Waals surface area contributed by atoms with Crippen LogP contribution in [0.5, 0.6) is 5.75 Å². The van der Waals surface area contributed by atoms with Gasteiger partial charge in [-0.25, -0.2) is 0 Å². The van der Waals surface area contributed by atoms with Gasteiger partial charge in [0.1, 0.15) is 12.4 Å². The van der Waals surface area contributed by atoms with Crippen molar-refractivity contribution in [3.8, 4) is 16.9 Å². The summed E-state index contributed by atoms with van der Waals surface area (Å²) in [6.07, 6.45) is -1.94. The van der Waals surface area contributed by atoms with Gasteiger partial charge in [0.05, 0.1) is 5.56 Å². The molecule has 0 aromatic heterocycles. The lowest BCUT2D eigenvalue weighted by Crippen LogP contribution is -2.10. The Labute approximate surface area is 169 Å². The Bertz CT molecular complexity index is 1010. The van der Waals surface area contributed by atoms with Gasteiger partial charge in [0, 0.05) is 0 Å². The molecule has 1 nitrogen and oxygen atoms in total. The van der Waals surface area contributed by atoms with E-state index in [1.807, 2.05) is 56.3 Å². The number of fused-ring (bicyclic) bond motifs is 1. The van der Waals surface area contributed by atoms with Crippen molar-refractivity contribution in [3.05, 3.63) is 88.0 Å². The molecule has 29 heavy (non-hydrogen) atoms. The summed E-state index contributed by atoms with van der Waals surface area (Å²) in [7, 11) is 0. The van der Waals surface area contributed by atoms with Gasteiger partial charge >= 0.3 is 6.18 Å². The zero-order valence-corrected chi connectivity index (χ0v) is 16.6. The molecule has 0 heterocycles. The summed E-state index contributed by atoms with van der Waals surface area (Å²) in [5.41, 5.74) is 5.05. The zero-order valence-electron chi connectivity index (χ0n) is 16.6. The Balaban J connectivity index is 1.76. The van der Waals surface area contributed by atoms with Gasteiger partial charge in [-0.05, 0) is 90.3 Å². The third-order valence-corrected chi connectivity index (χ3v) is 5.59. The maximum Gasteiger partial charge on any atom is 0.417 e. The van der Waals surface area contributed by atoms with E-state index in [2.05, 4.69) is 0 Å². The van der Waals surface area contributed by atoms with E-state index < -0.39 is 11.7 Å². The first-order chi connectivity index (χ1) is 13.8. The highest BCUT2D eigenvalue weighted by Gasteiger charge is 2.36. The predicted octanol–water partition coefficient (Wildman–Crippen LogP) is 7.06. The molecule has 0 fully saturated rings. The van der Waals surface area contributed by atoms with Crippen molar-refractivity contribution < 1.29 is 17.9 Å². The molecule has 3 aromatic carbocycles. The predicted molar refractivity (Wildman–Crippen MR) is 109 cm³/mol. The molecule has 4 heteroatoms. The number of hydrogen-bond acceptors (Lipinski definition) is 1. The van der Waals surface area contributed by atoms with E-state index in [-0.39, 0.29) is 0 Å². The molecule has 0 saturated carbocycles. The van der Waals surface area contributed by atoms with Crippen molar-refractivity contribution in [1.29, 1.82) is 0 Å². The van der Waals surface area contributed by atoms with Gasteiger partial charge in [-0.1, -0.05) is 36.4 Å². The molecule has 150 valence electrons. The second-order valence-corrected chi connectivity index (χ2v) is 7.68. The number of halogens is 3. The molecule has 3 aromatic rings. The highest BCUT2D eigenvalue weighted by molar-refractivity contribution is 5.79. The van der Waals surface area contributed by atoms with E-state index in [9.17, 15) is 13.2 Å². The minimum atomic E-state index is -4.38. The van der Waals surface area contributed by atoms with E-state index in [0.29, 0.717) is 29.9 Å². The van der Waals surface area contributed by atoms with Crippen molar-refractivity contribution in [2.24, 2.45) is 0 Å². The maximum absolute atomic E-state index is 13.8. The van der Waals surface area contributed by atoms with Gasteiger partial charge in [0.15, 0.2) is 0 Å². The van der Waals surface area contributed by atoms with Crippen molar-refractivity contribution in [2.75, 3.05) is 0 Å². The first-order valence-electron chi connectivity index (χ1n) is 9.85. The van der Waals surface area contributed by atoms with Crippen molar-refractivity contribution in [3.63, 3.8) is 0 Å². The molecule has 4 rings (SSSR count). The van der Waals surface area contributed by atoms with Crippen LogP contribution in [0.4, 0.5) is 13.2 Å². The van der Waals surface area contributed by atoms with Crippen LogP contribution in [0.3, 0.4) is 0 Å². The Morgan fingerprint density at radius 3 is 2.21 bits per heavy atom. The Morgan fingerprint density at radius 1 is 0.862 bits per heavy atom. The van der Waals surface area contributed by atoms with E-state index in [0.717, 1.165) is 40.7 Å². The highest BCUT2D eigenvalue weighted by atomic mass is 19.4. The average molecular weight is 396 g/mol. The normalized spacial score (nSPS) is 13.4. The summed E-state index contributed by atoms with van der Waals surface area (Å²) in [5, 5.41) is 0. The number of rotatable bonds is 4. The fourth-order valence-corrected chi connectivity index (χ4v) is 4.33. The van der Waals surface area contributed by atoms with Crippen molar-refractivity contribution in [1.82, 2.24) is 0 Å². The second-order valence-electron chi connectivity index (χ2n) is 7.68. The van der Waals surface area contributed by atoms with Crippen molar-refractivity contribution in [2.45, 2.75) is 45.9 Å². The molecule has 0 radical (unpaired) electrons. The largest absolute Gasteiger partial charge is 0.489 e. The zero-order chi connectivity index (χ0) is 20.6. The Morgan fingerprint density at radius 2 is 1.55 bits per heavy atom. The third kappa shape index (κ3) is 3.89. The van der Waals surface area contributed by atoms with Crippen LogP contribution < -0.4 is 4.74 Å².